The molecule has 1 rings (SSSR count). The van der Waals surface area contributed by atoms with E-state index in [9.17, 15) is 13.2 Å². The van der Waals surface area contributed by atoms with Gasteiger partial charge in [0.2, 0.25) is 15.9 Å². The molecular formula is C13H27N3O3S. The van der Waals surface area contributed by atoms with Crippen molar-refractivity contribution in [2.24, 2.45) is 5.92 Å². The van der Waals surface area contributed by atoms with Crippen molar-refractivity contribution >= 4 is 15.9 Å². The summed E-state index contributed by atoms with van der Waals surface area (Å²) in [7, 11) is 0.816. The van der Waals surface area contributed by atoms with Crippen molar-refractivity contribution in [2.75, 3.05) is 46.0 Å². The predicted octanol–water partition coefficient (Wildman–Crippen LogP) is 0.116. The summed E-state index contributed by atoms with van der Waals surface area (Å²) in [5, 5.41) is 2.91. The largest absolute Gasteiger partial charge is 0.356 e. The predicted molar refractivity (Wildman–Crippen MR) is 79.9 cm³/mol. The molecule has 0 saturated carbocycles. The zero-order valence-corrected chi connectivity index (χ0v) is 13.6. The molecule has 0 spiro atoms. The highest BCUT2D eigenvalue weighted by atomic mass is 32.2. The summed E-state index contributed by atoms with van der Waals surface area (Å²) in [6.07, 6.45) is 2.44. The molecule has 1 aliphatic rings. The van der Waals surface area contributed by atoms with Crippen molar-refractivity contribution in [3.63, 3.8) is 0 Å². The van der Waals surface area contributed by atoms with Gasteiger partial charge in [-0.1, -0.05) is 0 Å². The fraction of sp³-hybridized carbons (Fsp3) is 0.923. The first-order valence-corrected chi connectivity index (χ1v) is 8.88. The Morgan fingerprint density at radius 3 is 2.70 bits per heavy atom. The van der Waals surface area contributed by atoms with Gasteiger partial charge in [-0.15, -0.1) is 0 Å². The van der Waals surface area contributed by atoms with Crippen LogP contribution in [0.25, 0.3) is 0 Å². The number of carbonyl (C=O) groups excluding carboxylic acids is 1. The SMILES string of the molecule is CCS(=O)(=O)N1CCC[C@H](C(=O)NCCCN(C)C)C1. The van der Waals surface area contributed by atoms with E-state index >= 15 is 0 Å². The summed E-state index contributed by atoms with van der Waals surface area (Å²) in [5.41, 5.74) is 0. The van der Waals surface area contributed by atoms with E-state index in [1.165, 1.54) is 4.31 Å². The fourth-order valence-electron chi connectivity index (χ4n) is 2.34. The van der Waals surface area contributed by atoms with Crippen molar-refractivity contribution in [3.05, 3.63) is 0 Å². The van der Waals surface area contributed by atoms with Crippen molar-refractivity contribution in [3.8, 4) is 0 Å². The number of piperidine rings is 1. The molecule has 1 N–H and O–H groups in total. The molecule has 118 valence electrons. The van der Waals surface area contributed by atoms with Gasteiger partial charge < -0.3 is 10.2 Å². The number of amides is 1. The number of carbonyl (C=O) groups is 1. The Morgan fingerprint density at radius 1 is 1.40 bits per heavy atom. The molecule has 7 heteroatoms. The van der Waals surface area contributed by atoms with E-state index in [1.54, 1.807) is 6.92 Å². The highest BCUT2D eigenvalue weighted by Gasteiger charge is 2.31. The Labute approximate surface area is 122 Å². The molecule has 0 aliphatic carbocycles. The number of nitrogens with one attached hydrogen (secondary N) is 1. The lowest BCUT2D eigenvalue weighted by atomic mass is 9.99. The van der Waals surface area contributed by atoms with E-state index in [4.69, 9.17) is 0 Å². The molecule has 1 heterocycles. The molecule has 0 bridgehead atoms. The Hall–Kier alpha value is -0.660. The minimum absolute atomic E-state index is 0.0141. The first-order valence-electron chi connectivity index (χ1n) is 7.27. The molecule has 1 saturated heterocycles. The summed E-state index contributed by atoms with van der Waals surface area (Å²) >= 11 is 0. The van der Waals surface area contributed by atoms with Gasteiger partial charge >= 0.3 is 0 Å². The smallest absolute Gasteiger partial charge is 0.224 e. The van der Waals surface area contributed by atoms with E-state index in [-0.39, 0.29) is 17.6 Å². The average molecular weight is 305 g/mol. The lowest BCUT2D eigenvalue weighted by Gasteiger charge is -2.30. The fourth-order valence-corrected chi connectivity index (χ4v) is 3.52. The van der Waals surface area contributed by atoms with Gasteiger partial charge in [0.05, 0.1) is 11.7 Å². The molecule has 0 radical (unpaired) electrons. The first-order chi connectivity index (χ1) is 9.36. The summed E-state index contributed by atoms with van der Waals surface area (Å²) in [4.78, 5) is 14.1. The van der Waals surface area contributed by atoms with Crippen LogP contribution in [0.1, 0.15) is 26.2 Å². The standard InChI is InChI=1S/C13H27N3O3S/c1-4-20(18,19)16-10-5-7-12(11-16)13(17)14-8-6-9-15(2)3/h12H,4-11H2,1-3H3,(H,14,17)/t12-/m0/s1. The monoisotopic (exact) mass is 305 g/mol. The van der Waals surface area contributed by atoms with Crippen LogP contribution < -0.4 is 5.32 Å². The van der Waals surface area contributed by atoms with Crippen LogP contribution in [-0.2, 0) is 14.8 Å². The Balaban J connectivity index is 2.41. The second kappa shape index (κ2) is 7.95. The van der Waals surface area contributed by atoms with Gasteiger partial charge in [0.25, 0.3) is 0 Å². The molecule has 0 aromatic carbocycles. The molecule has 1 aliphatic heterocycles. The summed E-state index contributed by atoms with van der Waals surface area (Å²) < 4.78 is 25.2. The number of nitrogens with zero attached hydrogens (tertiary/aromatic N) is 2. The quantitative estimate of drug-likeness (QED) is 0.678. The molecular weight excluding hydrogens is 278 g/mol. The summed E-state index contributed by atoms with van der Waals surface area (Å²) in [6.45, 7) is 4.09. The van der Waals surface area contributed by atoms with E-state index in [0.717, 1.165) is 25.8 Å². The van der Waals surface area contributed by atoms with Gasteiger partial charge in [-0.05, 0) is 46.8 Å². The van der Waals surface area contributed by atoms with Crippen LogP contribution in [0.5, 0.6) is 0 Å². The van der Waals surface area contributed by atoms with Crippen LogP contribution in [0.3, 0.4) is 0 Å². The van der Waals surface area contributed by atoms with Crippen LogP contribution in [-0.4, -0.2) is 69.6 Å². The molecule has 1 amide bonds. The summed E-state index contributed by atoms with van der Waals surface area (Å²) in [6, 6.07) is 0. The zero-order chi connectivity index (χ0) is 15.2. The maximum Gasteiger partial charge on any atom is 0.224 e. The molecule has 6 nitrogen and oxygen atoms in total. The highest BCUT2D eigenvalue weighted by Crippen LogP contribution is 2.19. The molecule has 20 heavy (non-hydrogen) atoms. The van der Waals surface area contributed by atoms with Crippen molar-refractivity contribution in [2.45, 2.75) is 26.2 Å². The van der Waals surface area contributed by atoms with Crippen molar-refractivity contribution in [1.82, 2.24) is 14.5 Å². The number of hydrogen-bond donors (Lipinski definition) is 1. The van der Waals surface area contributed by atoms with Crippen molar-refractivity contribution < 1.29 is 13.2 Å². The Bertz CT molecular complexity index is 409. The molecule has 0 aromatic rings. The molecule has 0 aromatic heterocycles. The number of sulfonamides is 1. The highest BCUT2D eigenvalue weighted by molar-refractivity contribution is 7.89. The van der Waals surface area contributed by atoms with E-state index < -0.39 is 10.0 Å². The van der Waals surface area contributed by atoms with Gasteiger partial charge in [-0.3, -0.25) is 4.79 Å². The van der Waals surface area contributed by atoms with Crippen LogP contribution >= 0.6 is 0 Å². The average Bonchev–Trinajstić information content (AvgIpc) is 2.43. The number of rotatable bonds is 7. The van der Waals surface area contributed by atoms with Crippen LogP contribution in [0.2, 0.25) is 0 Å². The van der Waals surface area contributed by atoms with Crippen molar-refractivity contribution in [1.29, 1.82) is 0 Å². The lowest BCUT2D eigenvalue weighted by Crippen LogP contribution is -2.46. The Morgan fingerprint density at radius 2 is 2.10 bits per heavy atom. The maximum atomic E-state index is 12.1. The lowest BCUT2D eigenvalue weighted by molar-refractivity contribution is -0.126. The van der Waals surface area contributed by atoms with Crippen LogP contribution in [0.15, 0.2) is 0 Å². The third kappa shape index (κ3) is 5.38. The van der Waals surface area contributed by atoms with Gasteiger partial charge in [-0.25, -0.2) is 12.7 Å². The molecule has 1 atom stereocenters. The van der Waals surface area contributed by atoms with Crippen LogP contribution in [0.4, 0.5) is 0 Å². The van der Waals surface area contributed by atoms with Gasteiger partial charge in [0.1, 0.15) is 0 Å². The van der Waals surface area contributed by atoms with Gasteiger partial charge in [0, 0.05) is 19.6 Å². The van der Waals surface area contributed by atoms with Gasteiger partial charge in [0.15, 0.2) is 0 Å². The molecule has 1 fully saturated rings. The minimum Gasteiger partial charge on any atom is -0.356 e. The van der Waals surface area contributed by atoms with Gasteiger partial charge in [-0.2, -0.15) is 0 Å². The number of hydrogen-bond acceptors (Lipinski definition) is 4. The maximum absolute atomic E-state index is 12.1. The third-order valence-corrected chi connectivity index (χ3v) is 5.44. The second-order valence-electron chi connectivity index (χ2n) is 5.55. The minimum atomic E-state index is -3.18. The summed E-state index contributed by atoms with van der Waals surface area (Å²) in [5.74, 6) is -0.117. The topological polar surface area (TPSA) is 69.7 Å². The van der Waals surface area contributed by atoms with E-state index in [0.29, 0.717) is 19.6 Å². The normalized spacial score (nSPS) is 21.1. The Kier molecular flexibility index (Phi) is 6.91. The van der Waals surface area contributed by atoms with Crippen LogP contribution in [0, 0.1) is 5.92 Å². The second-order valence-corrected chi connectivity index (χ2v) is 7.80. The zero-order valence-electron chi connectivity index (χ0n) is 12.8. The molecule has 0 unspecified atom stereocenters. The third-order valence-electron chi connectivity index (χ3n) is 3.59. The van der Waals surface area contributed by atoms with E-state index in [2.05, 4.69) is 10.2 Å². The first kappa shape index (κ1) is 17.4. The van der Waals surface area contributed by atoms with E-state index in [1.807, 2.05) is 14.1 Å².